The molecule has 8 nitrogen and oxygen atoms in total. The summed E-state index contributed by atoms with van der Waals surface area (Å²) in [6.45, 7) is 11.7. The Balaban J connectivity index is 1.57. The molecule has 1 N–H and O–H groups in total. The summed E-state index contributed by atoms with van der Waals surface area (Å²) in [6, 6.07) is 9.36. The first-order valence-corrected chi connectivity index (χ1v) is 11.6. The molecular formula is C24H29N5O3S. The summed E-state index contributed by atoms with van der Waals surface area (Å²) in [7, 11) is 0. The molecule has 0 radical (unpaired) electrons. The van der Waals surface area contributed by atoms with Gasteiger partial charge >= 0.3 is 6.09 Å². The number of rotatable bonds is 4. The van der Waals surface area contributed by atoms with Crippen LogP contribution in [0.15, 0.2) is 42.7 Å². The summed E-state index contributed by atoms with van der Waals surface area (Å²) in [5.74, 6) is 1.43. The largest absolute Gasteiger partial charge is 0.444 e. The number of thiazole rings is 1. The molecule has 0 bridgehead atoms. The minimum Gasteiger partial charge on any atom is -0.444 e. The molecule has 1 fully saturated rings. The number of anilines is 2. The van der Waals surface area contributed by atoms with E-state index in [1.165, 1.54) is 11.3 Å². The average Bonchev–Trinajstić information content (AvgIpc) is 3.31. The number of carbonyl (C=O) groups is 1. The van der Waals surface area contributed by atoms with Crippen molar-refractivity contribution in [3.8, 4) is 10.6 Å². The highest BCUT2D eigenvalue weighted by molar-refractivity contribution is 7.15. The number of hydrogen-bond acceptors (Lipinski definition) is 8. The van der Waals surface area contributed by atoms with Crippen LogP contribution in [0.25, 0.3) is 10.6 Å². The molecule has 1 aliphatic heterocycles. The number of pyridine rings is 2. The van der Waals surface area contributed by atoms with Crippen LogP contribution in [0, 0.1) is 6.92 Å². The van der Waals surface area contributed by atoms with Gasteiger partial charge in [-0.3, -0.25) is 4.90 Å². The fourth-order valence-electron chi connectivity index (χ4n) is 3.58. The number of ether oxygens (including phenoxy) is 2. The van der Waals surface area contributed by atoms with Crippen molar-refractivity contribution in [1.29, 1.82) is 0 Å². The second-order valence-corrected chi connectivity index (χ2v) is 10.5. The molecule has 3 aromatic rings. The molecule has 0 spiro atoms. The average molecular weight is 468 g/mol. The monoisotopic (exact) mass is 467 g/mol. The standard InChI is InChI=1S/C24H29N5O3S/c1-15-10-11-25-20(12-15)28-19-9-7-8-16(27-19)18-13-26-21(33-18)17-14-31-24(5,6)29(17)22(30)32-23(2,3)4/h7-13,17H,14H2,1-6H3,(H,25,27,28). The van der Waals surface area contributed by atoms with Gasteiger partial charge in [-0.1, -0.05) is 6.07 Å². The molecule has 33 heavy (non-hydrogen) atoms. The zero-order valence-corrected chi connectivity index (χ0v) is 20.6. The van der Waals surface area contributed by atoms with E-state index in [1.54, 1.807) is 17.3 Å². The van der Waals surface area contributed by atoms with Crippen molar-refractivity contribution in [1.82, 2.24) is 19.9 Å². The minimum absolute atomic E-state index is 0.327. The van der Waals surface area contributed by atoms with Gasteiger partial charge in [0.05, 0.1) is 17.2 Å². The molecule has 0 aromatic carbocycles. The Bertz CT molecular complexity index is 1150. The first kappa shape index (κ1) is 23.1. The maximum atomic E-state index is 13.0. The molecule has 0 saturated carbocycles. The molecule has 174 valence electrons. The summed E-state index contributed by atoms with van der Waals surface area (Å²) < 4.78 is 11.6. The lowest BCUT2D eigenvalue weighted by Gasteiger charge is -2.34. The zero-order valence-electron chi connectivity index (χ0n) is 19.7. The molecule has 4 rings (SSSR count). The van der Waals surface area contributed by atoms with Crippen LogP contribution in [-0.4, -0.2) is 43.9 Å². The highest BCUT2D eigenvalue weighted by Crippen LogP contribution is 2.40. The van der Waals surface area contributed by atoms with Crippen molar-refractivity contribution in [2.75, 3.05) is 11.9 Å². The molecule has 1 amide bonds. The molecule has 1 unspecified atom stereocenters. The third-order valence-corrected chi connectivity index (χ3v) is 6.18. The van der Waals surface area contributed by atoms with Crippen molar-refractivity contribution >= 4 is 29.1 Å². The first-order chi connectivity index (χ1) is 15.5. The molecule has 1 atom stereocenters. The van der Waals surface area contributed by atoms with E-state index >= 15 is 0 Å². The lowest BCUT2D eigenvalue weighted by Crippen LogP contribution is -2.47. The summed E-state index contributed by atoms with van der Waals surface area (Å²) in [5, 5.41) is 4.02. The number of nitrogens with zero attached hydrogens (tertiary/aromatic N) is 4. The topological polar surface area (TPSA) is 89.5 Å². The van der Waals surface area contributed by atoms with Crippen molar-refractivity contribution in [2.45, 2.75) is 58.9 Å². The second-order valence-electron chi connectivity index (χ2n) is 9.44. The van der Waals surface area contributed by atoms with Crippen LogP contribution in [0.1, 0.15) is 51.2 Å². The van der Waals surface area contributed by atoms with E-state index in [9.17, 15) is 4.79 Å². The Kier molecular flexibility index (Phi) is 6.11. The van der Waals surface area contributed by atoms with Gasteiger partial charge in [-0.25, -0.2) is 19.7 Å². The summed E-state index contributed by atoms with van der Waals surface area (Å²) in [5.41, 5.74) is 0.518. The molecule has 1 aliphatic rings. The highest BCUT2D eigenvalue weighted by Gasteiger charge is 2.47. The van der Waals surface area contributed by atoms with Crippen molar-refractivity contribution in [2.24, 2.45) is 0 Å². The van der Waals surface area contributed by atoms with Crippen LogP contribution in [-0.2, 0) is 9.47 Å². The van der Waals surface area contributed by atoms with Crippen molar-refractivity contribution < 1.29 is 14.3 Å². The number of amides is 1. The Morgan fingerprint density at radius 3 is 2.76 bits per heavy atom. The zero-order chi connectivity index (χ0) is 23.8. The van der Waals surface area contributed by atoms with Crippen LogP contribution in [0.2, 0.25) is 0 Å². The van der Waals surface area contributed by atoms with Gasteiger partial charge < -0.3 is 14.8 Å². The van der Waals surface area contributed by atoms with Gasteiger partial charge in [-0.05, 0) is 71.4 Å². The third kappa shape index (κ3) is 5.31. The maximum Gasteiger partial charge on any atom is 0.413 e. The molecule has 4 heterocycles. The third-order valence-electron chi connectivity index (χ3n) is 5.06. The molecule has 1 saturated heterocycles. The summed E-state index contributed by atoms with van der Waals surface area (Å²) in [6.07, 6.45) is 3.13. The number of nitrogens with one attached hydrogen (secondary N) is 1. The van der Waals surface area contributed by atoms with E-state index in [2.05, 4.69) is 15.3 Å². The van der Waals surface area contributed by atoms with Gasteiger partial charge in [0.25, 0.3) is 0 Å². The van der Waals surface area contributed by atoms with E-state index < -0.39 is 17.4 Å². The van der Waals surface area contributed by atoms with E-state index in [-0.39, 0.29) is 6.04 Å². The van der Waals surface area contributed by atoms with Gasteiger partial charge in [0.15, 0.2) is 0 Å². The molecule has 0 aliphatic carbocycles. The van der Waals surface area contributed by atoms with Crippen molar-refractivity contribution in [3.63, 3.8) is 0 Å². The van der Waals surface area contributed by atoms with Crippen LogP contribution in [0.4, 0.5) is 16.4 Å². The Morgan fingerprint density at radius 1 is 1.24 bits per heavy atom. The van der Waals surface area contributed by atoms with Crippen LogP contribution >= 0.6 is 11.3 Å². The van der Waals surface area contributed by atoms with E-state index in [0.29, 0.717) is 12.4 Å². The molecular weight excluding hydrogens is 438 g/mol. The predicted octanol–water partition coefficient (Wildman–Crippen LogP) is 5.70. The predicted molar refractivity (Wildman–Crippen MR) is 128 cm³/mol. The van der Waals surface area contributed by atoms with E-state index in [4.69, 9.17) is 14.5 Å². The maximum absolute atomic E-state index is 13.0. The fourth-order valence-corrected chi connectivity index (χ4v) is 4.54. The number of aryl methyl sites for hydroxylation is 1. The van der Waals surface area contributed by atoms with Gasteiger partial charge in [0, 0.05) is 12.4 Å². The minimum atomic E-state index is -0.790. The van der Waals surface area contributed by atoms with Gasteiger partial charge in [-0.2, -0.15) is 0 Å². The lowest BCUT2D eigenvalue weighted by molar-refractivity contribution is -0.0626. The number of aromatic nitrogens is 3. The second kappa shape index (κ2) is 8.72. The fraction of sp³-hybridized carbons (Fsp3) is 0.417. The SMILES string of the molecule is Cc1ccnc(Nc2cccc(-c3cnc(C4COC(C)(C)N4C(=O)OC(C)(C)C)s3)n2)c1. The van der Waals surface area contributed by atoms with Gasteiger partial charge in [-0.15, -0.1) is 11.3 Å². The Labute approximate surface area is 198 Å². The van der Waals surface area contributed by atoms with Gasteiger partial charge in [0.1, 0.15) is 34.0 Å². The summed E-state index contributed by atoms with van der Waals surface area (Å²) in [4.78, 5) is 29.2. The lowest BCUT2D eigenvalue weighted by atomic mass is 10.2. The first-order valence-electron chi connectivity index (χ1n) is 10.8. The molecule has 9 heteroatoms. The van der Waals surface area contributed by atoms with Crippen molar-refractivity contribution in [3.05, 3.63) is 53.3 Å². The number of hydrogen-bond donors (Lipinski definition) is 1. The quantitative estimate of drug-likeness (QED) is 0.527. The van der Waals surface area contributed by atoms with Crippen LogP contribution in [0.5, 0.6) is 0 Å². The smallest absolute Gasteiger partial charge is 0.413 e. The number of carbonyl (C=O) groups excluding carboxylic acids is 1. The molecule has 3 aromatic heterocycles. The van der Waals surface area contributed by atoms with Crippen LogP contribution < -0.4 is 5.32 Å². The van der Waals surface area contributed by atoms with E-state index in [1.807, 2.05) is 71.9 Å². The van der Waals surface area contributed by atoms with Crippen LogP contribution in [0.3, 0.4) is 0 Å². The highest BCUT2D eigenvalue weighted by atomic mass is 32.1. The normalized spacial score (nSPS) is 17.8. The Morgan fingerprint density at radius 2 is 2.03 bits per heavy atom. The Hall–Kier alpha value is -3.04. The van der Waals surface area contributed by atoms with E-state index in [0.717, 1.165) is 27.0 Å². The summed E-state index contributed by atoms with van der Waals surface area (Å²) >= 11 is 1.49. The van der Waals surface area contributed by atoms with Gasteiger partial charge in [0.2, 0.25) is 0 Å².